The van der Waals surface area contributed by atoms with E-state index in [2.05, 4.69) is 130 Å². The number of ether oxygens (including phenoxy) is 3. The van der Waals surface area contributed by atoms with E-state index in [1.54, 1.807) is 0 Å². The molecule has 77 heavy (non-hydrogen) atoms. The van der Waals surface area contributed by atoms with Gasteiger partial charge in [-0.1, -0.05) is 284 Å². The zero-order valence-electron chi connectivity index (χ0n) is 50.4. The summed E-state index contributed by atoms with van der Waals surface area (Å²) in [6.45, 7) is 6.51. The van der Waals surface area contributed by atoms with Gasteiger partial charge in [0.25, 0.3) is 0 Å². The van der Waals surface area contributed by atoms with Crippen LogP contribution in [0.15, 0.2) is 109 Å². The van der Waals surface area contributed by atoms with Crippen LogP contribution < -0.4 is 0 Å². The maximum atomic E-state index is 12.9. The summed E-state index contributed by atoms with van der Waals surface area (Å²) >= 11 is 0. The summed E-state index contributed by atoms with van der Waals surface area (Å²) < 4.78 is 16.9. The predicted octanol–water partition coefficient (Wildman–Crippen LogP) is 22.2. The van der Waals surface area contributed by atoms with Crippen molar-refractivity contribution < 1.29 is 28.6 Å². The van der Waals surface area contributed by atoms with E-state index in [-0.39, 0.29) is 31.1 Å². The number of hydrogen-bond donors (Lipinski definition) is 0. The first kappa shape index (κ1) is 73.1. The van der Waals surface area contributed by atoms with E-state index in [1.807, 2.05) is 0 Å². The summed E-state index contributed by atoms with van der Waals surface area (Å²) in [5.41, 5.74) is 0. The van der Waals surface area contributed by atoms with Gasteiger partial charge in [-0.3, -0.25) is 14.4 Å². The minimum atomic E-state index is -0.800. The molecular formula is C71H120O6. The first-order valence-corrected chi connectivity index (χ1v) is 32.4. The van der Waals surface area contributed by atoms with Crippen molar-refractivity contribution in [2.24, 2.45) is 0 Å². The van der Waals surface area contributed by atoms with Gasteiger partial charge in [0.15, 0.2) is 6.10 Å². The first-order valence-electron chi connectivity index (χ1n) is 32.4. The van der Waals surface area contributed by atoms with Crippen molar-refractivity contribution in [1.29, 1.82) is 0 Å². The van der Waals surface area contributed by atoms with Gasteiger partial charge in [-0.2, -0.15) is 0 Å². The van der Waals surface area contributed by atoms with Crippen LogP contribution in [0.4, 0.5) is 0 Å². The Morgan fingerprint density at radius 2 is 0.506 bits per heavy atom. The molecule has 0 saturated heterocycles. The summed E-state index contributed by atoms with van der Waals surface area (Å²) in [7, 11) is 0. The monoisotopic (exact) mass is 1070 g/mol. The number of allylic oxidation sites excluding steroid dienone is 18. The molecule has 0 fully saturated rings. The van der Waals surface area contributed by atoms with Gasteiger partial charge >= 0.3 is 17.9 Å². The molecule has 0 aliphatic carbocycles. The lowest BCUT2D eigenvalue weighted by atomic mass is 10.0. The third-order valence-electron chi connectivity index (χ3n) is 13.8. The van der Waals surface area contributed by atoms with Crippen LogP contribution in [0.3, 0.4) is 0 Å². The number of rotatable bonds is 58. The molecule has 0 N–H and O–H groups in total. The van der Waals surface area contributed by atoms with E-state index >= 15 is 0 Å². The zero-order valence-corrected chi connectivity index (χ0v) is 50.4. The second kappa shape index (κ2) is 64.6. The number of carbonyl (C=O) groups is 3. The van der Waals surface area contributed by atoms with Crippen LogP contribution in [0, 0.1) is 0 Å². The molecule has 6 nitrogen and oxygen atoms in total. The highest BCUT2D eigenvalue weighted by atomic mass is 16.6. The van der Waals surface area contributed by atoms with Crippen molar-refractivity contribution in [3.63, 3.8) is 0 Å². The molecule has 0 heterocycles. The Kier molecular flexibility index (Phi) is 61.3. The second-order valence-corrected chi connectivity index (χ2v) is 21.3. The highest BCUT2D eigenvalue weighted by molar-refractivity contribution is 5.71. The maximum Gasteiger partial charge on any atom is 0.306 e. The van der Waals surface area contributed by atoms with Crippen LogP contribution in [0.5, 0.6) is 0 Å². The molecule has 0 aromatic rings. The highest BCUT2D eigenvalue weighted by Gasteiger charge is 2.19. The van der Waals surface area contributed by atoms with Gasteiger partial charge in [0.2, 0.25) is 0 Å². The third kappa shape index (κ3) is 62.8. The minimum absolute atomic E-state index is 0.0946. The van der Waals surface area contributed by atoms with Crippen LogP contribution in [-0.2, 0) is 28.6 Å². The summed E-state index contributed by atoms with van der Waals surface area (Å²) in [6, 6.07) is 0. The summed E-state index contributed by atoms with van der Waals surface area (Å²) in [5, 5.41) is 0. The molecule has 0 amide bonds. The Hall–Kier alpha value is -3.93. The molecule has 0 aromatic heterocycles. The first-order chi connectivity index (χ1) is 38.0. The molecule has 1 unspecified atom stereocenters. The molecule has 0 saturated carbocycles. The fraction of sp³-hybridized carbons (Fsp3) is 0.704. The Bertz CT molecular complexity index is 1560. The van der Waals surface area contributed by atoms with Crippen molar-refractivity contribution in [1.82, 2.24) is 0 Å². The van der Waals surface area contributed by atoms with Gasteiger partial charge in [-0.05, 0) is 109 Å². The number of hydrogen-bond acceptors (Lipinski definition) is 6. The highest BCUT2D eigenvalue weighted by Crippen LogP contribution is 2.16. The average Bonchev–Trinajstić information content (AvgIpc) is 3.43. The van der Waals surface area contributed by atoms with E-state index in [4.69, 9.17) is 14.2 Å². The number of carbonyl (C=O) groups excluding carboxylic acids is 3. The Labute approximate surface area is 476 Å². The largest absolute Gasteiger partial charge is 0.462 e. The lowest BCUT2D eigenvalue weighted by molar-refractivity contribution is -0.167. The predicted molar refractivity (Wildman–Crippen MR) is 334 cm³/mol. The molecule has 0 bridgehead atoms. The van der Waals surface area contributed by atoms with E-state index in [0.29, 0.717) is 19.3 Å². The fourth-order valence-corrected chi connectivity index (χ4v) is 8.92. The van der Waals surface area contributed by atoms with E-state index in [0.717, 1.165) is 116 Å². The molecule has 0 aliphatic rings. The summed E-state index contributed by atoms with van der Waals surface area (Å²) in [5.74, 6) is -0.938. The SMILES string of the molecule is CC/C=C\C/C=C\C/C=C\C/C=C\C/C=C\C/C=C\C/C=C\C/C=C\CCCCC(=O)OCC(COC(=O)CCCCCCC/C=C\CCCCCCCC)OC(=O)CCCCCCCCCCCCCCCCCCC. The summed E-state index contributed by atoms with van der Waals surface area (Å²) in [4.78, 5) is 38.3. The van der Waals surface area contributed by atoms with Crippen LogP contribution in [0.2, 0.25) is 0 Å². The lowest BCUT2D eigenvalue weighted by Crippen LogP contribution is -2.30. The summed E-state index contributed by atoms with van der Waals surface area (Å²) in [6.07, 6.45) is 88.1. The van der Waals surface area contributed by atoms with Crippen LogP contribution >= 0.6 is 0 Å². The van der Waals surface area contributed by atoms with Gasteiger partial charge in [0.1, 0.15) is 13.2 Å². The van der Waals surface area contributed by atoms with E-state index in [1.165, 1.54) is 148 Å². The smallest absolute Gasteiger partial charge is 0.306 e. The Morgan fingerprint density at radius 3 is 0.831 bits per heavy atom. The lowest BCUT2D eigenvalue weighted by Gasteiger charge is -2.18. The van der Waals surface area contributed by atoms with E-state index < -0.39 is 6.10 Å². The molecule has 0 aromatic carbocycles. The maximum absolute atomic E-state index is 12.9. The second-order valence-electron chi connectivity index (χ2n) is 21.3. The van der Waals surface area contributed by atoms with Gasteiger partial charge in [-0.15, -0.1) is 0 Å². The Morgan fingerprint density at radius 1 is 0.273 bits per heavy atom. The Balaban J connectivity index is 4.44. The molecule has 1 atom stereocenters. The van der Waals surface area contributed by atoms with Crippen molar-refractivity contribution in [3.8, 4) is 0 Å². The molecule has 440 valence electrons. The molecule has 6 heteroatoms. The minimum Gasteiger partial charge on any atom is -0.462 e. The third-order valence-corrected chi connectivity index (χ3v) is 13.8. The molecule has 0 aliphatic heterocycles. The van der Waals surface area contributed by atoms with Crippen molar-refractivity contribution >= 4 is 17.9 Å². The quantitative estimate of drug-likeness (QED) is 0.0261. The molecule has 0 rings (SSSR count). The average molecular weight is 1070 g/mol. The fourth-order valence-electron chi connectivity index (χ4n) is 8.92. The number of esters is 3. The normalized spacial score (nSPS) is 12.8. The van der Waals surface area contributed by atoms with E-state index in [9.17, 15) is 14.4 Å². The number of unbranched alkanes of at least 4 members (excludes halogenated alkanes) is 29. The van der Waals surface area contributed by atoms with Gasteiger partial charge in [0.05, 0.1) is 0 Å². The van der Waals surface area contributed by atoms with Crippen molar-refractivity contribution in [3.05, 3.63) is 109 Å². The van der Waals surface area contributed by atoms with Gasteiger partial charge in [0, 0.05) is 19.3 Å². The van der Waals surface area contributed by atoms with Crippen molar-refractivity contribution in [2.75, 3.05) is 13.2 Å². The van der Waals surface area contributed by atoms with Crippen LogP contribution in [0.1, 0.15) is 303 Å². The molecular weight excluding hydrogens is 949 g/mol. The molecule has 0 spiro atoms. The van der Waals surface area contributed by atoms with Crippen LogP contribution in [0.25, 0.3) is 0 Å². The topological polar surface area (TPSA) is 78.9 Å². The van der Waals surface area contributed by atoms with Crippen LogP contribution in [-0.4, -0.2) is 37.2 Å². The molecule has 0 radical (unpaired) electrons. The van der Waals surface area contributed by atoms with Crippen molar-refractivity contribution in [2.45, 2.75) is 309 Å². The van der Waals surface area contributed by atoms with Gasteiger partial charge < -0.3 is 14.2 Å². The zero-order chi connectivity index (χ0) is 55.7. The standard InChI is InChI=1S/C71H120O6/c1-4-7-10-13-16-19-22-25-28-30-31-32-33-34-35-36-37-38-39-41-43-46-49-52-55-58-61-64-70(73)76-67-68(66-75-69(72)63-60-57-54-51-48-45-42-27-24-21-18-15-12-9-6-3)77-71(74)65-62-59-56-53-50-47-44-40-29-26-23-20-17-14-11-8-5-2/h7,10,16,19,25,27-28,31-32,34-35,37-38,41-43,49,52,68H,4-6,8-9,11-15,17-18,20-24,26,29-30,33,36,39-40,44-48,50-51,53-67H2,1-3H3/b10-7-,19-16-,28-25-,32-31-,35-34-,38-37-,42-27-,43-41-,52-49-. The van der Waals surface area contributed by atoms with Gasteiger partial charge in [-0.25, -0.2) is 0 Å².